The molecule has 1 aliphatic rings. The van der Waals surface area contributed by atoms with Crippen LogP contribution in [0.5, 0.6) is 0 Å². The third-order valence-corrected chi connectivity index (χ3v) is 6.42. The van der Waals surface area contributed by atoms with E-state index in [9.17, 15) is 0 Å². The van der Waals surface area contributed by atoms with Gasteiger partial charge in [0.1, 0.15) is 12.3 Å². The maximum Gasteiger partial charge on any atom is 0.208 e. The van der Waals surface area contributed by atoms with Gasteiger partial charge in [0.15, 0.2) is 11.7 Å². The Bertz CT molecular complexity index is 834. The average Bonchev–Trinajstić information content (AvgIpc) is 3.38. The zero-order chi connectivity index (χ0) is 22.9. The van der Waals surface area contributed by atoms with Gasteiger partial charge in [-0.25, -0.2) is 9.98 Å². The van der Waals surface area contributed by atoms with Gasteiger partial charge < -0.3 is 19.6 Å². The van der Waals surface area contributed by atoms with Crippen molar-refractivity contribution in [2.75, 3.05) is 26.2 Å². The molecular weight excluding hydrogens is 531 g/mol. The van der Waals surface area contributed by atoms with Crippen molar-refractivity contribution in [3.05, 3.63) is 34.9 Å². The lowest BCUT2D eigenvalue weighted by Gasteiger charge is -2.31. The van der Waals surface area contributed by atoms with Gasteiger partial charge in [0.05, 0.1) is 17.9 Å². The van der Waals surface area contributed by atoms with Gasteiger partial charge in [0.2, 0.25) is 5.89 Å². The van der Waals surface area contributed by atoms with E-state index in [-0.39, 0.29) is 24.0 Å². The van der Waals surface area contributed by atoms with E-state index in [1.807, 2.05) is 13.8 Å². The van der Waals surface area contributed by atoms with Gasteiger partial charge in [-0.15, -0.1) is 24.0 Å². The Kier molecular flexibility index (Phi) is 11.7. The first kappa shape index (κ1) is 27.6. The van der Waals surface area contributed by atoms with Gasteiger partial charge in [-0.2, -0.15) is 0 Å². The largest absolute Gasteiger partial charge is 0.444 e. The summed E-state index contributed by atoms with van der Waals surface area (Å²) in [7, 11) is 0. The Balaban J connectivity index is 0.00000385. The summed E-state index contributed by atoms with van der Waals surface area (Å²) in [5.41, 5.74) is 2.03. The Morgan fingerprint density at radius 1 is 1.18 bits per heavy atom. The van der Waals surface area contributed by atoms with E-state index in [0.717, 1.165) is 93.2 Å². The highest BCUT2D eigenvalue weighted by molar-refractivity contribution is 14.0. The molecule has 0 spiro atoms. The topological polar surface area (TPSA) is 91.7 Å². The van der Waals surface area contributed by atoms with E-state index < -0.39 is 0 Å². The number of oxazole rings is 1. The van der Waals surface area contributed by atoms with Gasteiger partial charge in [0.25, 0.3) is 0 Å². The van der Waals surface area contributed by atoms with Crippen LogP contribution in [0.1, 0.15) is 81.2 Å². The lowest BCUT2D eigenvalue weighted by Crippen LogP contribution is -2.42. The summed E-state index contributed by atoms with van der Waals surface area (Å²) in [6.45, 7) is 15.6. The molecule has 0 atom stereocenters. The molecule has 1 aliphatic heterocycles. The fourth-order valence-electron chi connectivity index (χ4n) is 4.19. The molecule has 0 bridgehead atoms. The zero-order valence-electron chi connectivity index (χ0n) is 20.8. The summed E-state index contributed by atoms with van der Waals surface area (Å²) >= 11 is 0. The van der Waals surface area contributed by atoms with Crippen molar-refractivity contribution in [2.45, 2.75) is 79.3 Å². The molecule has 0 aromatic carbocycles. The van der Waals surface area contributed by atoms with Crippen molar-refractivity contribution in [3.63, 3.8) is 0 Å². The second-order valence-corrected chi connectivity index (χ2v) is 8.78. The van der Waals surface area contributed by atoms with Crippen LogP contribution < -0.4 is 10.6 Å². The molecular formula is C24H41IN6O2. The molecule has 8 nitrogen and oxygen atoms in total. The number of hydrogen-bond donors (Lipinski definition) is 2. The third kappa shape index (κ3) is 8.27. The van der Waals surface area contributed by atoms with Crippen molar-refractivity contribution in [1.82, 2.24) is 25.7 Å². The molecule has 2 aromatic rings. The second kappa shape index (κ2) is 13.9. The predicted molar refractivity (Wildman–Crippen MR) is 142 cm³/mol. The molecule has 0 unspecified atom stereocenters. The van der Waals surface area contributed by atoms with Crippen LogP contribution in [0.15, 0.2) is 20.0 Å². The number of piperidine rings is 1. The zero-order valence-corrected chi connectivity index (χ0v) is 23.1. The highest BCUT2D eigenvalue weighted by Crippen LogP contribution is 2.23. The smallest absolute Gasteiger partial charge is 0.208 e. The first-order chi connectivity index (χ1) is 15.5. The molecule has 3 rings (SSSR count). The minimum absolute atomic E-state index is 0. The Hall–Kier alpha value is -1.62. The van der Waals surface area contributed by atoms with Crippen LogP contribution in [0.3, 0.4) is 0 Å². The summed E-state index contributed by atoms with van der Waals surface area (Å²) in [6.07, 6.45) is 4.47. The number of aliphatic imine (C=N–C) groups is 1. The molecule has 1 fully saturated rings. The lowest BCUT2D eigenvalue weighted by atomic mass is 9.97. The molecule has 0 radical (unpaired) electrons. The van der Waals surface area contributed by atoms with Crippen molar-refractivity contribution in [2.24, 2.45) is 10.9 Å². The molecule has 1 saturated heterocycles. The minimum Gasteiger partial charge on any atom is -0.444 e. The Morgan fingerprint density at radius 2 is 1.91 bits per heavy atom. The quantitative estimate of drug-likeness (QED) is 0.241. The number of hydrogen-bond acceptors (Lipinski definition) is 6. The van der Waals surface area contributed by atoms with Crippen LogP contribution in [-0.2, 0) is 13.1 Å². The number of likely N-dealkylation sites (tertiary alicyclic amines) is 1. The fourth-order valence-corrected chi connectivity index (χ4v) is 4.19. The molecule has 2 aromatic heterocycles. The van der Waals surface area contributed by atoms with Crippen LogP contribution in [0.2, 0.25) is 0 Å². The lowest BCUT2D eigenvalue weighted by molar-refractivity contribution is 0.164. The monoisotopic (exact) mass is 572 g/mol. The standard InChI is InChI=1S/C24H40N6O2.HI/c1-6-20(7-2)22-13-21(32-29-22)15-27-24(25-8-3)26-14-19-9-11-30(12-10-19)16-23-28-17(4)18(5)31-23;/h13,19-20H,6-12,14-16H2,1-5H3,(H2,25,26,27);1H. The number of guanidine groups is 1. The summed E-state index contributed by atoms with van der Waals surface area (Å²) in [5, 5.41) is 11.1. The fraction of sp³-hybridized carbons (Fsp3) is 0.708. The number of nitrogens with zero attached hydrogens (tertiary/aromatic N) is 4. The molecule has 3 heterocycles. The second-order valence-electron chi connectivity index (χ2n) is 8.78. The first-order valence-corrected chi connectivity index (χ1v) is 12.1. The van der Waals surface area contributed by atoms with Gasteiger partial charge in [-0.3, -0.25) is 4.90 Å². The van der Waals surface area contributed by atoms with Gasteiger partial charge in [0, 0.05) is 25.1 Å². The molecule has 9 heteroatoms. The molecule has 186 valence electrons. The van der Waals surface area contributed by atoms with Crippen LogP contribution in [0, 0.1) is 19.8 Å². The maximum atomic E-state index is 5.74. The summed E-state index contributed by atoms with van der Waals surface area (Å²) < 4.78 is 11.2. The number of aromatic nitrogens is 2. The Morgan fingerprint density at radius 3 is 2.52 bits per heavy atom. The summed E-state index contributed by atoms with van der Waals surface area (Å²) in [4.78, 5) is 11.6. The molecule has 2 N–H and O–H groups in total. The van der Waals surface area contributed by atoms with Crippen LogP contribution in [0.4, 0.5) is 0 Å². The van der Waals surface area contributed by atoms with Gasteiger partial charge in [-0.1, -0.05) is 19.0 Å². The van der Waals surface area contributed by atoms with Gasteiger partial charge >= 0.3 is 0 Å². The van der Waals surface area contributed by atoms with E-state index in [0.29, 0.717) is 18.4 Å². The van der Waals surface area contributed by atoms with Crippen molar-refractivity contribution in [1.29, 1.82) is 0 Å². The number of rotatable bonds is 10. The highest BCUT2D eigenvalue weighted by atomic mass is 127. The third-order valence-electron chi connectivity index (χ3n) is 6.42. The molecule has 0 saturated carbocycles. The minimum atomic E-state index is 0. The van der Waals surface area contributed by atoms with E-state index in [2.05, 4.69) is 52.5 Å². The number of aryl methyl sites for hydroxylation is 2. The van der Waals surface area contributed by atoms with Crippen LogP contribution in [0.25, 0.3) is 0 Å². The highest BCUT2D eigenvalue weighted by Gasteiger charge is 2.21. The van der Waals surface area contributed by atoms with Crippen LogP contribution >= 0.6 is 24.0 Å². The first-order valence-electron chi connectivity index (χ1n) is 12.1. The average molecular weight is 573 g/mol. The van der Waals surface area contributed by atoms with Gasteiger partial charge in [-0.05, 0) is 65.5 Å². The number of halogens is 1. The molecule has 0 amide bonds. The maximum absolute atomic E-state index is 5.74. The number of nitrogens with one attached hydrogen (secondary N) is 2. The predicted octanol–water partition coefficient (Wildman–Crippen LogP) is 4.77. The normalized spacial score (nSPS) is 15.6. The Labute approximate surface area is 215 Å². The van der Waals surface area contributed by atoms with E-state index in [1.165, 1.54) is 0 Å². The van der Waals surface area contributed by atoms with E-state index >= 15 is 0 Å². The van der Waals surface area contributed by atoms with Crippen molar-refractivity contribution < 1.29 is 8.94 Å². The van der Waals surface area contributed by atoms with E-state index in [1.54, 1.807) is 0 Å². The summed E-state index contributed by atoms with van der Waals surface area (Å²) in [5.74, 6) is 4.50. The van der Waals surface area contributed by atoms with E-state index in [4.69, 9.17) is 13.9 Å². The summed E-state index contributed by atoms with van der Waals surface area (Å²) in [6, 6.07) is 2.05. The SMILES string of the molecule is CCNC(=NCc1cc(C(CC)CC)no1)NCC1CCN(Cc2nc(C)c(C)o2)CC1.I. The van der Waals surface area contributed by atoms with Crippen molar-refractivity contribution >= 4 is 29.9 Å². The molecule has 0 aliphatic carbocycles. The van der Waals surface area contributed by atoms with Crippen molar-refractivity contribution in [3.8, 4) is 0 Å². The van der Waals surface area contributed by atoms with Crippen LogP contribution in [-0.4, -0.2) is 47.2 Å². The molecule has 33 heavy (non-hydrogen) atoms.